The van der Waals surface area contributed by atoms with Gasteiger partial charge < -0.3 is 5.73 Å². The Bertz CT molecular complexity index is 756. The zero-order valence-electron chi connectivity index (χ0n) is 11.4. The molecule has 0 unspecified atom stereocenters. The van der Waals surface area contributed by atoms with Gasteiger partial charge in [-0.15, -0.1) is 0 Å². The molecular formula is C14H16FN5. The number of nitrogens with zero attached hydrogens (tertiary/aromatic N) is 3. The number of aromatic amines is 1. The van der Waals surface area contributed by atoms with Crippen LogP contribution in [0.25, 0.3) is 16.7 Å². The summed E-state index contributed by atoms with van der Waals surface area (Å²) in [5.74, 6) is 0.640. The minimum Gasteiger partial charge on any atom is -0.383 e. The van der Waals surface area contributed by atoms with E-state index in [1.54, 1.807) is 16.8 Å². The second-order valence-electron chi connectivity index (χ2n) is 5.27. The Labute approximate surface area is 115 Å². The molecule has 6 heteroatoms. The van der Waals surface area contributed by atoms with Crippen LogP contribution in [-0.4, -0.2) is 20.0 Å². The van der Waals surface area contributed by atoms with Crippen molar-refractivity contribution in [3.63, 3.8) is 0 Å². The SMILES string of the molecule is CC(C)Cc1nn(-c2cccc(F)c2)c2n[nH]c(N)c12. The number of aromatic nitrogens is 4. The van der Waals surface area contributed by atoms with Gasteiger partial charge in [0.15, 0.2) is 5.65 Å². The predicted molar refractivity (Wildman–Crippen MR) is 76.1 cm³/mol. The molecule has 0 saturated heterocycles. The van der Waals surface area contributed by atoms with Crippen LogP contribution in [0.5, 0.6) is 0 Å². The number of anilines is 1. The molecule has 0 fully saturated rings. The van der Waals surface area contributed by atoms with Gasteiger partial charge in [0.25, 0.3) is 0 Å². The summed E-state index contributed by atoms with van der Waals surface area (Å²) in [6, 6.07) is 6.27. The third-order valence-electron chi connectivity index (χ3n) is 3.14. The highest BCUT2D eigenvalue weighted by atomic mass is 19.1. The molecule has 3 N–H and O–H groups in total. The Balaban J connectivity index is 2.21. The number of nitrogens with one attached hydrogen (secondary N) is 1. The van der Waals surface area contributed by atoms with Gasteiger partial charge in [0.2, 0.25) is 0 Å². The summed E-state index contributed by atoms with van der Waals surface area (Å²) in [6.45, 7) is 4.23. The van der Waals surface area contributed by atoms with E-state index >= 15 is 0 Å². The Kier molecular flexibility index (Phi) is 2.93. The van der Waals surface area contributed by atoms with Crippen LogP contribution in [0.3, 0.4) is 0 Å². The Morgan fingerprint density at radius 2 is 2.20 bits per heavy atom. The van der Waals surface area contributed by atoms with Crippen LogP contribution >= 0.6 is 0 Å². The van der Waals surface area contributed by atoms with E-state index in [1.165, 1.54) is 12.1 Å². The summed E-state index contributed by atoms with van der Waals surface area (Å²) < 4.78 is 15.0. The van der Waals surface area contributed by atoms with Gasteiger partial charge in [-0.05, 0) is 30.5 Å². The van der Waals surface area contributed by atoms with Crippen molar-refractivity contribution < 1.29 is 4.39 Å². The van der Waals surface area contributed by atoms with Crippen molar-refractivity contribution >= 4 is 16.9 Å². The molecule has 3 aromatic rings. The number of H-pyrrole nitrogens is 1. The molecule has 0 amide bonds. The standard InChI is InChI=1S/C14H16FN5/c1-8(2)6-11-12-13(16)17-18-14(12)20(19-11)10-5-3-4-9(15)7-10/h3-5,7-8H,6H2,1-2H3,(H3,16,17,18). The van der Waals surface area contributed by atoms with Gasteiger partial charge in [-0.3, -0.25) is 5.10 Å². The van der Waals surface area contributed by atoms with Crippen LogP contribution < -0.4 is 5.73 Å². The molecule has 0 aliphatic heterocycles. The molecule has 104 valence electrons. The maximum atomic E-state index is 13.4. The molecule has 0 saturated carbocycles. The first kappa shape index (κ1) is 12.7. The second kappa shape index (κ2) is 4.63. The number of rotatable bonds is 3. The zero-order valence-corrected chi connectivity index (χ0v) is 11.4. The maximum Gasteiger partial charge on any atom is 0.186 e. The predicted octanol–water partition coefficient (Wildman–Crippen LogP) is 2.67. The minimum atomic E-state index is -0.305. The van der Waals surface area contributed by atoms with E-state index < -0.39 is 0 Å². The van der Waals surface area contributed by atoms with Crippen LogP contribution in [0.4, 0.5) is 10.2 Å². The number of nitrogen functional groups attached to an aromatic ring is 1. The molecule has 3 rings (SSSR count). The zero-order chi connectivity index (χ0) is 14.3. The number of hydrogen-bond donors (Lipinski definition) is 2. The molecule has 0 spiro atoms. The third kappa shape index (κ3) is 2.03. The molecule has 2 heterocycles. The number of hydrogen-bond acceptors (Lipinski definition) is 3. The Hall–Kier alpha value is -2.37. The summed E-state index contributed by atoms with van der Waals surface area (Å²) >= 11 is 0. The molecule has 1 aromatic carbocycles. The second-order valence-corrected chi connectivity index (χ2v) is 5.27. The summed E-state index contributed by atoms with van der Waals surface area (Å²) in [4.78, 5) is 0. The molecule has 2 aromatic heterocycles. The number of fused-ring (bicyclic) bond motifs is 1. The summed E-state index contributed by atoms with van der Waals surface area (Å²) in [6.07, 6.45) is 0.794. The molecule has 0 aliphatic carbocycles. The molecule has 0 aliphatic rings. The van der Waals surface area contributed by atoms with Gasteiger partial charge >= 0.3 is 0 Å². The van der Waals surface area contributed by atoms with Gasteiger partial charge in [-0.25, -0.2) is 9.07 Å². The topological polar surface area (TPSA) is 72.5 Å². The van der Waals surface area contributed by atoms with E-state index in [-0.39, 0.29) is 5.82 Å². The fraction of sp³-hybridized carbons (Fsp3) is 0.286. The first-order valence-electron chi connectivity index (χ1n) is 6.53. The minimum absolute atomic E-state index is 0.305. The number of nitrogens with two attached hydrogens (primary N) is 1. The van der Waals surface area contributed by atoms with Crippen molar-refractivity contribution in [3.05, 3.63) is 35.8 Å². The maximum absolute atomic E-state index is 13.4. The lowest BCUT2D eigenvalue weighted by atomic mass is 10.1. The number of halogens is 1. The monoisotopic (exact) mass is 273 g/mol. The number of benzene rings is 1. The first-order chi connectivity index (χ1) is 9.56. The summed E-state index contributed by atoms with van der Waals surface area (Å²) in [5.41, 5.74) is 8.07. The highest BCUT2D eigenvalue weighted by Crippen LogP contribution is 2.26. The molecule has 0 bridgehead atoms. The van der Waals surface area contributed by atoms with Gasteiger partial charge in [-0.2, -0.15) is 10.2 Å². The van der Waals surface area contributed by atoms with Crippen molar-refractivity contribution in [2.75, 3.05) is 5.73 Å². The lowest BCUT2D eigenvalue weighted by Gasteiger charge is -2.03. The van der Waals surface area contributed by atoms with E-state index in [9.17, 15) is 4.39 Å². The lowest BCUT2D eigenvalue weighted by Crippen LogP contribution is -2.01. The molecule has 20 heavy (non-hydrogen) atoms. The Morgan fingerprint density at radius 3 is 2.90 bits per heavy atom. The largest absolute Gasteiger partial charge is 0.383 e. The van der Waals surface area contributed by atoms with Crippen molar-refractivity contribution in [2.24, 2.45) is 5.92 Å². The van der Waals surface area contributed by atoms with E-state index in [0.717, 1.165) is 17.5 Å². The van der Waals surface area contributed by atoms with E-state index in [0.29, 0.717) is 23.1 Å². The van der Waals surface area contributed by atoms with Gasteiger partial charge in [0.05, 0.1) is 16.8 Å². The summed E-state index contributed by atoms with van der Waals surface area (Å²) in [7, 11) is 0. The average Bonchev–Trinajstić information content (AvgIpc) is 2.91. The van der Waals surface area contributed by atoms with Crippen LogP contribution in [0.1, 0.15) is 19.5 Å². The normalized spacial score (nSPS) is 11.6. The van der Waals surface area contributed by atoms with Crippen molar-refractivity contribution in [2.45, 2.75) is 20.3 Å². The van der Waals surface area contributed by atoms with Crippen molar-refractivity contribution in [3.8, 4) is 5.69 Å². The van der Waals surface area contributed by atoms with Crippen LogP contribution in [0, 0.1) is 11.7 Å². The fourth-order valence-corrected chi connectivity index (χ4v) is 2.32. The molecular weight excluding hydrogens is 257 g/mol. The summed E-state index contributed by atoms with van der Waals surface area (Å²) in [5, 5.41) is 12.3. The van der Waals surface area contributed by atoms with Crippen molar-refractivity contribution in [1.82, 2.24) is 20.0 Å². The highest BCUT2D eigenvalue weighted by Gasteiger charge is 2.18. The molecule has 5 nitrogen and oxygen atoms in total. The fourth-order valence-electron chi connectivity index (χ4n) is 2.32. The molecule has 0 atom stereocenters. The smallest absolute Gasteiger partial charge is 0.186 e. The average molecular weight is 273 g/mol. The van der Waals surface area contributed by atoms with Crippen LogP contribution in [0.15, 0.2) is 24.3 Å². The first-order valence-corrected chi connectivity index (χ1v) is 6.53. The van der Waals surface area contributed by atoms with E-state index in [4.69, 9.17) is 5.73 Å². The van der Waals surface area contributed by atoms with E-state index in [2.05, 4.69) is 29.1 Å². The Morgan fingerprint density at radius 1 is 1.40 bits per heavy atom. The van der Waals surface area contributed by atoms with Gasteiger partial charge in [0.1, 0.15) is 11.6 Å². The van der Waals surface area contributed by atoms with Gasteiger partial charge in [0, 0.05) is 0 Å². The highest BCUT2D eigenvalue weighted by molar-refractivity contribution is 5.89. The van der Waals surface area contributed by atoms with Gasteiger partial charge in [-0.1, -0.05) is 19.9 Å². The van der Waals surface area contributed by atoms with E-state index in [1.807, 2.05) is 0 Å². The molecule has 0 radical (unpaired) electrons. The lowest BCUT2D eigenvalue weighted by molar-refractivity contribution is 0.621. The van der Waals surface area contributed by atoms with Crippen LogP contribution in [-0.2, 0) is 6.42 Å². The van der Waals surface area contributed by atoms with Crippen LogP contribution in [0.2, 0.25) is 0 Å². The van der Waals surface area contributed by atoms with Crippen molar-refractivity contribution in [1.29, 1.82) is 0 Å². The third-order valence-corrected chi connectivity index (χ3v) is 3.14. The quantitative estimate of drug-likeness (QED) is 0.770.